The standard InChI is InChI=1S/C16H28N2/c1-12(2)8-9-18(5)16-7-6-13(3)10-15(16)11-14(4)17/h6-7,10,12,14H,8-9,11,17H2,1-5H3. The van der Waals surface area contributed by atoms with Crippen LogP contribution in [0.3, 0.4) is 0 Å². The van der Waals surface area contributed by atoms with Crippen LogP contribution in [-0.4, -0.2) is 19.6 Å². The quantitative estimate of drug-likeness (QED) is 0.836. The summed E-state index contributed by atoms with van der Waals surface area (Å²) in [5.41, 5.74) is 9.96. The second-order valence-electron chi connectivity index (χ2n) is 5.92. The highest BCUT2D eigenvalue weighted by Crippen LogP contribution is 2.23. The highest BCUT2D eigenvalue weighted by Gasteiger charge is 2.10. The van der Waals surface area contributed by atoms with Crippen LogP contribution in [0.5, 0.6) is 0 Å². The molecule has 0 aliphatic carbocycles. The van der Waals surface area contributed by atoms with E-state index in [0.29, 0.717) is 0 Å². The number of benzene rings is 1. The molecule has 2 heteroatoms. The molecule has 1 aromatic carbocycles. The van der Waals surface area contributed by atoms with Crippen molar-refractivity contribution in [1.29, 1.82) is 0 Å². The van der Waals surface area contributed by atoms with Crippen LogP contribution < -0.4 is 10.6 Å². The van der Waals surface area contributed by atoms with E-state index in [9.17, 15) is 0 Å². The molecule has 1 aromatic rings. The summed E-state index contributed by atoms with van der Waals surface area (Å²) in [4.78, 5) is 2.36. The van der Waals surface area contributed by atoms with Crippen molar-refractivity contribution in [3.05, 3.63) is 29.3 Å². The van der Waals surface area contributed by atoms with E-state index in [4.69, 9.17) is 5.73 Å². The first-order valence-corrected chi connectivity index (χ1v) is 6.96. The van der Waals surface area contributed by atoms with Gasteiger partial charge in [-0.25, -0.2) is 0 Å². The third kappa shape index (κ3) is 4.69. The van der Waals surface area contributed by atoms with E-state index in [1.165, 1.54) is 23.2 Å². The Morgan fingerprint density at radius 2 is 1.89 bits per heavy atom. The lowest BCUT2D eigenvalue weighted by atomic mass is 10.0. The van der Waals surface area contributed by atoms with Crippen LogP contribution in [0.25, 0.3) is 0 Å². The largest absolute Gasteiger partial charge is 0.374 e. The molecule has 0 saturated carbocycles. The molecule has 0 bridgehead atoms. The fourth-order valence-corrected chi connectivity index (χ4v) is 2.17. The molecule has 0 saturated heterocycles. The van der Waals surface area contributed by atoms with Crippen molar-refractivity contribution in [1.82, 2.24) is 0 Å². The Morgan fingerprint density at radius 1 is 1.22 bits per heavy atom. The fraction of sp³-hybridized carbons (Fsp3) is 0.625. The first-order chi connectivity index (χ1) is 8.40. The minimum absolute atomic E-state index is 0.212. The summed E-state index contributed by atoms with van der Waals surface area (Å²) in [6, 6.07) is 6.90. The normalized spacial score (nSPS) is 12.8. The fourth-order valence-electron chi connectivity index (χ4n) is 2.17. The summed E-state index contributed by atoms with van der Waals surface area (Å²) < 4.78 is 0. The van der Waals surface area contributed by atoms with E-state index < -0.39 is 0 Å². The molecule has 1 rings (SSSR count). The summed E-state index contributed by atoms with van der Waals surface area (Å²) in [6.45, 7) is 9.85. The molecular weight excluding hydrogens is 220 g/mol. The van der Waals surface area contributed by atoms with Crippen LogP contribution in [0.1, 0.15) is 38.3 Å². The van der Waals surface area contributed by atoms with E-state index in [1.54, 1.807) is 0 Å². The Bertz CT molecular complexity index is 369. The van der Waals surface area contributed by atoms with Crippen molar-refractivity contribution >= 4 is 5.69 Å². The molecule has 0 aliphatic heterocycles. The van der Waals surface area contributed by atoms with Gasteiger partial charge in [0.25, 0.3) is 0 Å². The van der Waals surface area contributed by atoms with E-state index >= 15 is 0 Å². The van der Waals surface area contributed by atoms with Crippen molar-refractivity contribution < 1.29 is 0 Å². The molecule has 102 valence electrons. The van der Waals surface area contributed by atoms with Gasteiger partial charge in [0.1, 0.15) is 0 Å². The molecule has 0 aromatic heterocycles. The maximum Gasteiger partial charge on any atom is 0.0396 e. The molecule has 1 unspecified atom stereocenters. The minimum Gasteiger partial charge on any atom is -0.374 e. The lowest BCUT2D eigenvalue weighted by molar-refractivity contribution is 0.584. The van der Waals surface area contributed by atoms with Crippen LogP contribution in [0, 0.1) is 12.8 Å². The Morgan fingerprint density at radius 3 is 2.44 bits per heavy atom. The molecule has 0 spiro atoms. The van der Waals surface area contributed by atoms with Crippen LogP contribution in [-0.2, 0) is 6.42 Å². The van der Waals surface area contributed by atoms with E-state index in [-0.39, 0.29) is 6.04 Å². The zero-order valence-corrected chi connectivity index (χ0v) is 12.5. The molecule has 1 atom stereocenters. The molecule has 2 N–H and O–H groups in total. The summed E-state index contributed by atoms with van der Waals surface area (Å²) in [7, 11) is 2.18. The van der Waals surface area contributed by atoms with Crippen molar-refractivity contribution in [3.63, 3.8) is 0 Å². The predicted molar refractivity (Wildman–Crippen MR) is 81.3 cm³/mol. The summed E-state index contributed by atoms with van der Waals surface area (Å²) in [6.07, 6.45) is 2.17. The third-order valence-corrected chi connectivity index (χ3v) is 3.23. The van der Waals surface area contributed by atoms with Crippen molar-refractivity contribution in [2.24, 2.45) is 11.7 Å². The van der Waals surface area contributed by atoms with Gasteiger partial charge in [-0.3, -0.25) is 0 Å². The van der Waals surface area contributed by atoms with Gasteiger partial charge in [-0.05, 0) is 44.2 Å². The Kier molecular flexibility index (Phi) is 5.67. The first-order valence-electron chi connectivity index (χ1n) is 6.96. The number of anilines is 1. The Balaban J connectivity index is 2.85. The molecule has 0 amide bonds. The van der Waals surface area contributed by atoms with Crippen LogP contribution in [0.15, 0.2) is 18.2 Å². The smallest absolute Gasteiger partial charge is 0.0396 e. The Hall–Kier alpha value is -1.02. The number of hydrogen-bond donors (Lipinski definition) is 1. The number of aryl methyl sites for hydroxylation is 1. The van der Waals surface area contributed by atoms with Crippen molar-refractivity contribution in [3.8, 4) is 0 Å². The van der Waals surface area contributed by atoms with Gasteiger partial charge in [0.05, 0.1) is 0 Å². The molecular formula is C16H28N2. The molecule has 2 nitrogen and oxygen atoms in total. The van der Waals surface area contributed by atoms with E-state index in [0.717, 1.165) is 18.9 Å². The second kappa shape index (κ2) is 6.79. The second-order valence-corrected chi connectivity index (χ2v) is 5.92. The molecule has 0 fully saturated rings. The topological polar surface area (TPSA) is 29.3 Å². The van der Waals surface area contributed by atoms with Gasteiger partial charge >= 0.3 is 0 Å². The lowest BCUT2D eigenvalue weighted by Gasteiger charge is -2.24. The highest BCUT2D eigenvalue weighted by atomic mass is 15.1. The van der Waals surface area contributed by atoms with Gasteiger partial charge in [-0.1, -0.05) is 31.5 Å². The van der Waals surface area contributed by atoms with Gasteiger partial charge in [0.15, 0.2) is 0 Å². The van der Waals surface area contributed by atoms with Gasteiger partial charge in [0.2, 0.25) is 0 Å². The average molecular weight is 248 g/mol. The molecule has 18 heavy (non-hydrogen) atoms. The predicted octanol–water partition coefficient (Wildman–Crippen LogP) is 3.37. The lowest BCUT2D eigenvalue weighted by Crippen LogP contribution is -2.24. The van der Waals surface area contributed by atoms with Crippen molar-refractivity contribution in [2.45, 2.75) is 46.6 Å². The monoisotopic (exact) mass is 248 g/mol. The van der Waals surface area contributed by atoms with Crippen LogP contribution in [0.4, 0.5) is 5.69 Å². The maximum atomic E-state index is 5.95. The van der Waals surface area contributed by atoms with E-state index in [2.05, 4.69) is 57.8 Å². The molecule has 0 aliphatic rings. The molecule has 0 radical (unpaired) electrons. The molecule has 0 heterocycles. The van der Waals surface area contributed by atoms with Gasteiger partial charge < -0.3 is 10.6 Å². The number of hydrogen-bond acceptors (Lipinski definition) is 2. The summed E-state index contributed by atoms with van der Waals surface area (Å²) >= 11 is 0. The highest BCUT2D eigenvalue weighted by molar-refractivity contribution is 5.54. The van der Waals surface area contributed by atoms with Crippen LogP contribution >= 0.6 is 0 Å². The number of nitrogens with zero attached hydrogens (tertiary/aromatic N) is 1. The zero-order valence-electron chi connectivity index (χ0n) is 12.5. The number of rotatable bonds is 6. The number of nitrogens with two attached hydrogens (primary N) is 1. The minimum atomic E-state index is 0.212. The summed E-state index contributed by atoms with van der Waals surface area (Å²) in [5.74, 6) is 0.745. The SMILES string of the molecule is Cc1ccc(N(C)CCC(C)C)c(CC(C)N)c1. The van der Waals surface area contributed by atoms with Gasteiger partial charge in [0, 0.05) is 25.3 Å². The Labute approximate surface area is 112 Å². The average Bonchev–Trinajstić information content (AvgIpc) is 2.25. The third-order valence-electron chi connectivity index (χ3n) is 3.23. The van der Waals surface area contributed by atoms with E-state index in [1.807, 2.05) is 0 Å². The van der Waals surface area contributed by atoms with Gasteiger partial charge in [-0.15, -0.1) is 0 Å². The first kappa shape index (κ1) is 15.0. The maximum absolute atomic E-state index is 5.95. The van der Waals surface area contributed by atoms with Gasteiger partial charge in [-0.2, -0.15) is 0 Å². The van der Waals surface area contributed by atoms with Crippen molar-refractivity contribution in [2.75, 3.05) is 18.5 Å². The van der Waals surface area contributed by atoms with Crippen LogP contribution in [0.2, 0.25) is 0 Å². The zero-order chi connectivity index (χ0) is 13.7. The summed E-state index contributed by atoms with van der Waals surface area (Å²) in [5, 5.41) is 0.